The highest BCUT2D eigenvalue weighted by Crippen LogP contribution is 2.12. The summed E-state index contributed by atoms with van der Waals surface area (Å²) in [6, 6.07) is 5.44. The molecule has 1 aromatic rings. The maximum Gasteiger partial charge on any atom is 0.124 e. The Balaban J connectivity index is 0.00000121. The smallest absolute Gasteiger partial charge is 0.124 e. The summed E-state index contributed by atoms with van der Waals surface area (Å²) in [6.45, 7) is 1.94. The molecule has 0 aliphatic rings. The van der Waals surface area contributed by atoms with Crippen LogP contribution in [0, 0.1) is 12.3 Å². The Morgan fingerprint density at radius 1 is 1.42 bits per heavy atom. The molecule has 0 saturated carbocycles. The van der Waals surface area contributed by atoms with Crippen LogP contribution in [0.1, 0.15) is 11.1 Å². The van der Waals surface area contributed by atoms with E-state index in [9.17, 15) is 0 Å². The first kappa shape index (κ1) is 10.8. The molecule has 0 spiro atoms. The molecule has 0 aliphatic heterocycles. The van der Waals surface area contributed by atoms with Gasteiger partial charge in [0.2, 0.25) is 0 Å². The minimum Gasteiger partial charge on any atom is -0.398 e. The lowest BCUT2D eigenvalue weighted by atomic mass is 10.1. The Kier molecular flexibility index (Phi) is 3.57. The number of hydrogen-bond donors (Lipinski definition) is 3. The van der Waals surface area contributed by atoms with Crippen molar-refractivity contribution in [3.05, 3.63) is 29.3 Å². The van der Waals surface area contributed by atoms with E-state index in [-0.39, 0.29) is 18.2 Å². The van der Waals surface area contributed by atoms with E-state index in [0.717, 1.165) is 5.56 Å². The van der Waals surface area contributed by atoms with Gasteiger partial charge >= 0.3 is 0 Å². The first-order chi connectivity index (χ1) is 5.11. The molecule has 66 valence electrons. The number of nitrogens with two attached hydrogens (primary N) is 2. The summed E-state index contributed by atoms with van der Waals surface area (Å²) in [6.07, 6.45) is 0. The van der Waals surface area contributed by atoms with Crippen LogP contribution in [0.25, 0.3) is 0 Å². The summed E-state index contributed by atoms with van der Waals surface area (Å²) >= 11 is 0. The number of amidine groups is 1. The molecular weight excluding hydrogens is 174 g/mol. The molecule has 0 radical (unpaired) electrons. The van der Waals surface area contributed by atoms with Crippen molar-refractivity contribution in [1.29, 1.82) is 5.41 Å². The normalized spacial score (nSPS) is 8.75. The van der Waals surface area contributed by atoms with Crippen molar-refractivity contribution >= 4 is 23.9 Å². The Labute approximate surface area is 77.7 Å². The first-order valence-electron chi connectivity index (χ1n) is 3.32. The van der Waals surface area contributed by atoms with Crippen LogP contribution in [0.3, 0.4) is 0 Å². The van der Waals surface area contributed by atoms with Crippen molar-refractivity contribution in [2.24, 2.45) is 5.73 Å². The van der Waals surface area contributed by atoms with E-state index in [0.29, 0.717) is 11.3 Å². The molecule has 0 heterocycles. The van der Waals surface area contributed by atoms with Crippen LogP contribution in [-0.4, -0.2) is 5.84 Å². The summed E-state index contributed by atoms with van der Waals surface area (Å²) in [5.74, 6) is 0.0162. The zero-order chi connectivity index (χ0) is 8.43. The Morgan fingerprint density at radius 2 is 2.00 bits per heavy atom. The van der Waals surface area contributed by atoms with Gasteiger partial charge in [-0.2, -0.15) is 0 Å². The van der Waals surface area contributed by atoms with E-state index in [2.05, 4.69) is 0 Å². The van der Waals surface area contributed by atoms with Gasteiger partial charge < -0.3 is 11.5 Å². The van der Waals surface area contributed by atoms with E-state index in [1.54, 1.807) is 12.1 Å². The first-order valence-corrected chi connectivity index (χ1v) is 3.32. The zero-order valence-electron chi connectivity index (χ0n) is 6.79. The highest BCUT2D eigenvalue weighted by atomic mass is 35.5. The predicted molar refractivity (Wildman–Crippen MR) is 53.9 cm³/mol. The minimum absolute atomic E-state index is 0. The largest absolute Gasteiger partial charge is 0.398 e. The van der Waals surface area contributed by atoms with Crippen LogP contribution in [0.15, 0.2) is 18.2 Å². The predicted octanol–water partition coefficient (Wildman–Crippen LogP) is 1.28. The number of benzene rings is 1. The van der Waals surface area contributed by atoms with Crippen molar-refractivity contribution in [3.8, 4) is 0 Å². The van der Waals surface area contributed by atoms with Gasteiger partial charge in [-0.25, -0.2) is 0 Å². The third kappa shape index (κ3) is 2.13. The second kappa shape index (κ2) is 3.97. The molecule has 0 aliphatic carbocycles. The Bertz CT molecular complexity index is 296. The van der Waals surface area contributed by atoms with Gasteiger partial charge in [0.05, 0.1) is 0 Å². The molecule has 0 bridgehead atoms. The van der Waals surface area contributed by atoms with Crippen molar-refractivity contribution in [2.75, 3.05) is 5.73 Å². The number of halogens is 1. The average molecular weight is 186 g/mol. The van der Waals surface area contributed by atoms with Crippen molar-refractivity contribution in [2.45, 2.75) is 6.92 Å². The van der Waals surface area contributed by atoms with Crippen LogP contribution in [0.2, 0.25) is 0 Å². The van der Waals surface area contributed by atoms with Gasteiger partial charge in [-0.05, 0) is 24.6 Å². The van der Waals surface area contributed by atoms with E-state index >= 15 is 0 Å². The third-order valence-electron chi connectivity index (χ3n) is 1.50. The van der Waals surface area contributed by atoms with Gasteiger partial charge in [-0.1, -0.05) is 6.07 Å². The number of aryl methyl sites for hydroxylation is 1. The summed E-state index contributed by atoms with van der Waals surface area (Å²) in [5, 5.41) is 7.14. The Hall–Kier alpha value is -1.22. The molecule has 1 aromatic carbocycles. The summed E-state index contributed by atoms with van der Waals surface area (Å²) in [4.78, 5) is 0. The van der Waals surface area contributed by atoms with E-state index < -0.39 is 0 Å². The van der Waals surface area contributed by atoms with Crippen LogP contribution in [-0.2, 0) is 0 Å². The van der Waals surface area contributed by atoms with Gasteiger partial charge in [0.15, 0.2) is 0 Å². The second-order valence-electron chi connectivity index (χ2n) is 2.50. The zero-order valence-corrected chi connectivity index (χ0v) is 7.61. The fraction of sp³-hybridized carbons (Fsp3) is 0.125. The maximum absolute atomic E-state index is 7.14. The number of rotatable bonds is 1. The molecule has 0 atom stereocenters. The van der Waals surface area contributed by atoms with Crippen molar-refractivity contribution in [1.82, 2.24) is 0 Å². The monoisotopic (exact) mass is 185 g/mol. The molecule has 12 heavy (non-hydrogen) atoms. The van der Waals surface area contributed by atoms with E-state index in [1.807, 2.05) is 13.0 Å². The molecule has 0 amide bonds. The fourth-order valence-electron chi connectivity index (χ4n) is 0.927. The fourth-order valence-corrected chi connectivity index (χ4v) is 0.927. The molecular formula is C8H12ClN3. The lowest BCUT2D eigenvalue weighted by Crippen LogP contribution is -2.13. The molecule has 4 heteroatoms. The van der Waals surface area contributed by atoms with Gasteiger partial charge in [-0.15, -0.1) is 12.4 Å². The summed E-state index contributed by atoms with van der Waals surface area (Å²) in [7, 11) is 0. The number of anilines is 1. The highest BCUT2D eigenvalue weighted by Gasteiger charge is 2.00. The molecule has 0 saturated heterocycles. The number of nitrogens with one attached hydrogen (secondary N) is 1. The van der Waals surface area contributed by atoms with Crippen LogP contribution >= 0.6 is 12.4 Å². The van der Waals surface area contributed by atoms with Gasteiger partial charge in [0, 0.05) is 11.3 Å². The number of nitrogen functional groups attached to an aromatic ring is 2. The molecule has 5 N–H and O–H groups in total. The van der Waals surface area contributed by atoms with Gasteiger partial charge in [-0.3, -0.25) is 5.41 Å². The van der Waals surface area contributed by atoms with Crippen LogP contribution < -0.4 is 11.5 Å². The second-order valence-corrected chi connectivity index (χ2v) is 2.50. The number of hydrogen-bond acceptors (Lipinski definition) is 2. The SMILES string of the molecule is Cc1ccc(C(=N)N)c(N)c1.Cl. The standard InChI is InChI=1S/C8H11N3.ClH/c1-5-2-3-6(8(10)11)7(9)4-5;/h2-4H,9H2,1H3,(H3,10,11);1H. The topological polar surface area (TPSA) is 75.9 Å². The molecule has 0 unspecified atom stereocenters. The molecule has 3 nitrogen and oxygen atoms in total. The summed E-state index contributed by atoms with van der Waals surface area (Å²) < 4.78 is 0. The molecule has 0 fully saturated rings. The van der Waals surface area contributed by atoms with Gasteiger partial charge in [0.1, 0.15) is 5.84 Å². The summed E-state index contributed by atoms with van der Waals surface area (Å²) in [5.41, 5.74) is 13.1. The van der Waals surface area contributed by atoms with Crippen LogP contribution in [0.4, 0.5) is 5.69 Å². The van der Waals surface area contributed by atoms with Crippen LogP contribution in [0.5, 0.6) is 0 Å². The Morgan fingerprint density at radius 3 is 2.42 bits per heavy atom. The molecule has 1 rings (SSSR count). The lowest BCUT2D eigenvalue weighted by molar-refractivity contribution is 1.40. The van der Waals surface area contributed by atoms with E-state index in [4.69, 9.17) is 16.9 Å². The third-order valence-corrected chi connectivity index (χ3v) is 1.50. The van der Waals surface area contributed by atoms with Crippen molar-refractivity contribution < 1.29 is 0 Å². The molecule has 0 aromatic heterocycles. The highest BCUT2D eigenvalue weighted by molar-refractivity contribution is 5.99. The average Bonchev–Trinajstić information content (AvgIpc) is 1.85. The van der Waals surface area contributed by atoms with Gasteiger partial charge in [0.25, 0.3) is 0 Å². The van der Waals surface area contributed by atoms with E-state index in [1.165, 1.54) is 0 Å². The minimum atomic E-state index is 0. The lowest BCUT2D eigenvalue weighted by Gasteiger charge is -2.03. The quantitative estimate of drug-likeness (QED) is 0.350. The maximum atomic E-state index is 7.14. The van der Waals surface area contributed by atoms with Crippen molar-refractivity contribution in [3.63, 3.8) is 0 Å².